The first-order chi connectivity index (χ1) is 18.3. The summed E-state index contributed by atoms with van der Waals surface area (Å²) >= 11 is 1.71. The summed E-state index contributed by atoms with van der Waals surface area (Å²) in [5, 5.41) is 17.3. The van der Waals surface area contributed by atoms with E-state index in [2.05, 4.69) is 47.0 Å². The lowest BCUT2D eigenvalue weighted by Crippen LogP contribution is -2.49. The van der Waals surface area contributed by atoms with Gasteiger partial charge in [-0.25, -0.2) is 0 Å². The lowest BCUT2D eigenvalue weighted by molar-refractivity contribution is -0.136. The van der Waals surface area contributed by atoms with Gasteiger partial charge in [-0.1, -0.05) is 30.3 Å². The second-order valence-corrected chi connectivity index (χ2v) is 11.1. The van der Waals surface area contributed by atoms with Crippen molar-refractivity contribution in [3.8, 4) is 0 Å². The summed E-state index contributed by atoms with van der Waals surface area (Å²) in [5.41, 5.74) is 4.68. The fraction of sp³-hybridized carbons (Fsp3) is 0.290. The van der Waals surface area contributed by atoms with Crippen LogP contribution in [0.5, 0.6) is 0 Å². The van der Waals surface area contributed by atoms with Gasteiger partial charge in [-0.2, -0.15) is 0 Å². The van der Waals surface area contributed by atoms with Crippen LogP contribution in [0.25, 0.3) is 10.1 Å². The number of amides is 1. The van der Waals surface area contributed by atoms with Crippen molar-refractivity contribution in [1.82, 2.24) is 5.32 Å². The van der Waals surface area contributed by atoms with Gasteiger partial charge in [0.1, 0.15) is 0 Å². The SMILES string of the molecule is Cc1cc(C)cc(Nc2ccc(CCC(=O)O)c(C(=O)NC3(c4cc5ccccc5s4)CCOCC3)c2)c1. The molecule has 1 amide bonds. The van der Waals surface area contributed by atoms with Gasteiger partial charge >= 0.3 is 5.97 Å². The molecule has 38 heavy (non-hydrogen) atoms. The molecular weight excluding hydrogens is 496 g/mol. The van der Waals surface area contributed by atoms with Crippen LogP contribution in [0.3, 0.4) is 0 Å². The molecule has 1 aliphatic heterocycles. The van der Waals surface area contributed by atoms with E-state index in [1.807, 2.05) is 44.2 Å². The predicted molar refractivity (Wildman–Crippen MR) is 153 cm³/mol. The molecule has 3 aromatic carbocycles. The van der Waals surface area contributed by atoms with E-state index in [9.17, 15) is 14.7 Å². The van der Waals surface area contributed by atoms with Crippen molar-refractivity contribution in [1.29, 1.82) is 0 Å². The smallest absolute Gasteiger partial charge is 0.303 e. The van der Waals surface area contributed by atoms with Crippen LogP contribution in [0.2, 0.25) is 0 Å². The molecule has 0 atom stereocenters. The molecule has 1 aromatic heterocycles. The number of hydrogen-bond acceptors (Lipinski definition) is 5. The lowest BCUT2D eigenvalue weighted by Gasteiger charge is -2.37. The van der Waals surface area contributed by atoms with E-state index >= 15 is 0 Å². The van der Waals surface area contributed by atoms with E-state index in [1.165, 1.54) is 4.70 Å². The number of carbonyl (C=O) groups is 2. The van der Waals surface area contributed by atoms with Crippen LogP contribution >= 0.6 is 11.3 Å². The molecule has 1 saturated heterocycles. The normalized spacial score (nSPS) is 14.8. The first-order valence-corrected chi connectivity index (χ1v) is 13.7. The summed E-state index contributed by atoms with van der Waals surface area (Å²) in [5.74, 6) is -1.09. The molecular formula is C31H32N2O4S. The Morgan fingerprint density at radius 2 is 1.68 bits per heavy atom. The molecule has 0 bridgehead atoms. The van der Waals surface area contributed by atoms with E-state index in [4.69, 9.17) is 4.74 Å². The Balaban J connectivity index is 1.49. The number of ether oxygens (including phenoxy) is 1. The third-order valence-electron chi connectivity index (χ3n) is 7.07. The maximum absolute atomic E-state index is 14.0. The molecule has 7 heteroatoms. The van der Waals surface area contributed by atoms with Crippen molar-refractivity contribution < 1.29 is 19.4 Å². The summed E-state index contributed by atoms with van der Waals surface area (Å²) in [4.78, 5) is 26.4. The second kappa shape index (κ2) is 11.0. The zero-order chi connectivity index (χ0) is 26.7. The molecule has 196 valence electrons. The number of thiophene rings is 1. The molecule has 1 fully saturated rings. The van der Waals surface area contributed by atoms with Gasteiger partial charge in [0.25, 0.3) is 5.91 Å². The summed E-state index contributed by atoms with van der Waals surface area (Å²) in [7, 11) is 0. The number of rotatable bonds is 8. The number of aliphatic carboxylic acids is 1. The summed E-state index contributed by atoms with van der Waals surface area (Å²) in [6.07, 6.45) is 1.59. The van der Waals surface area contributed by atoms with Crippen molar-refractivity contribution in [2.75, 3.05) is 18.5 Å². The highest BCUT2D eigenvalue weighted by Crippen LogP contribution is 2.40. The fourth-order valence-corrected chi connectivity index (χ4v) is 6.46. The number of carboxylic acids is 1. The molecule has 0 spiro atoms. The summed E-state index contributed by atoms with van der Waals surface area (Å²) in [6.45, 7) is 5.23. The van der Waals surface area contributed by atoms with E-state index in [1.54, 1.807) is 11.3 Å². The van der Waals surface area contributed by atoms with Crippen molar-refractivity contribution in [2.45, 2.75) is 45.1 Å². The Bertz CT molecular complexity index is 1430. The van der Waals surface area contributed by atoms with Gasteiger partial charge < -0.3 is 20.5 Å². The average molecular weight is 529 g/mol. The third-order valence-corrected chi connectivity index (χ3v) is 8.39. The number of nitrogens with one attached hydrogen (secondary N) is 2. The number of aryl methyl sites for hydroxylation is 3. The Morgan fingerprint density at radius 3 is 2.39 bits per heavy atom. The number of benzene rings is 3. The van der Waals surface area contributed by atoms with Crippen molar-refractivity contribution in [2.24, 2.45) is 0 Å². The van der Waals surface area contributed by atoms with E-state index in [0.29, 0.717) is 31.6 Å². The molecule has 0 radical (unpaired) electrons. The lowest BCUT2D eigenvalue weighted by atomic mass is 9.87. The van der Waals surface area contributed by atoms with Gasteiger partial charge in [0, 0.05) is 46.1 Å². The minimum Gasteiger partial charge on any atom is -0.481 e. The molecule has 0 aliphatic carbocycles. The monoisotopic (exact) mass is 528 g/mol. The van der Waals surface area contributed by atoms with Crippen molar-refractivity contribution in [3.05, 3.63) is 93.9 Å². The van der Waals surface area contributed by atoms with Crippen LogP contribution in [0, 0.1) is 13.8 Å². The van der Waals surface area contributed by atoms with E-state index < -0.39 is 11.5 Å². The van der Waals surface area contributed by atoms with Gasteiger partial charge in [0.2, 0.25) is 0 Å². The number of hydrogen-bond donors (Lipinski definition) is 3. The quantitative estimate of drug-likeness (QED) is 0.236. The van der Waals surface area contributed by atoms with E-state index in [-0.39, 0.29) is 18.7 Å². The first kappa shape index (κ1) is 25.9. The van der Waals surface area contributed by atoms with Crippen molar-refractivity contribution in [3.63, 3.8) is 0 Å². The first-order valence-electron chi connectivity index (χ1n) is 12.9. The van der Waals surface area contributed by atoms with E-state index in [0.717, 1.165) is 38.3 Å². The Hall–Kier alpha value is -3.68. The Labute approximate surface area is 226 Å². The zero-order valence-electron chi connectivity index (χ0n) is 21.7. The standard InChI is InChI=1S/C31H32N2O4S/c1-20-15-21(2)17-25(16-20)32-24-9-7-22(8-10-29(34)35)26(19-24)30(36)33-31(11-13-37-14-12-31)28-18-23-5-3-4-6-27(23)38-28/h3-7,9,15-19,32H,8,10-14H2,1-2H3,(H,33,36)(H,34,35). The van der Waals surface area contributed by atoms with Gasteiger partial charge in [0.05, 0.1) is 5.54 Å². The molecule has 3 N–H and O–H groups in total. The zero-order valence-corrected chi connectivity index (χ0v) is 22.5. The molecule has 6 nitrogen and oxygen atoms in total. The molecule has 0 unspecified atom stereocenters. The fourth-order valence-electron chi connectivity index (χ4n) is 5.19. The Kier molecular flexibility index (Phi) is 7.49. The van der Waals surface area contributed by atoms with Gasteiger partial charge in [-0.05, 0) is 91.6 Å². The molecule has 4 aromatic rings. The topological polar surface area (TPSA) is 87.7 Å². The number of carbonyl (C=O) groups excluding carboxylic acids is 1. The van der Waals surface area contributed by atoms with Crippen LogP contribution < -0.4 is 10.6 Å². The summed E-state index contributed by atoms with van der Waals surface area (Å²) < 4.78 is 6.86. The highest BCUT2D eigenvalue weighted by atomic mass is 32.1. The average Bonchev–Trinajstić information content (AvgIpc) is 3.33. The maximum atomic E-state index is 14.0. The van der Waals surface area contributed by atoms with Crippen molar-refractivity contribution >= 4 is 44.7 Å². The van der Waals surface area contributed by atoms with Crippen LogP contribution in [0.1, 0.15) is 51.2 Å². The largest absolute Gasteiger partial charge is 0.481 e. The third kappa shape index (κ3) is 5.74. The number of anilines is 2. The molecule has 0 saturated carbocycles. The minimum absolute atomic E-state index is 0.0422. The minimum atomic E-state index is -0.889. The van der Waals surface area contributed by atoms with Gasteiger partial charge in [-0.15, -0.1) is 11.3 Å². The van der Waals surface area contributed by atoms with Crippen LogP contribution in [0.15, 0.2) is 66.7 Å². The van der Waals surface area contributed by atoms with Gasteiger partial charge in [-0.3, -0.25) is 9.59 Å². The summed E-state index contributed by atoms with van der Waals surface area (Å²) in [6, 6.07) is 22.3. The van der Waals surface area contributed by atoms with Crippen LogP contribution in [0.4, 0.5) is 11.4 Å². The van der Waals surface area contributed by atoms with Crippen LogP contribution in [-0.2, 0) is 21.5 Å². The molecule has 1 aliphatic rings. The molecule has 2 heterocycles. The highest BCUT2D eigenvalue weighted by Gasteiger charge is 2.38. The van der Waals surface area contributed by atoms with Crippen LogP contribution in [-0.4, -0.2) is 30.2 Å². The second-order valence-electron chi connectivity index (χ2n) is 10.1. The number of fused-ring (bicyclic) bond motifs is 1. The highest BCUT2D eigenvalue weighted by molar-refractivity contribution is 7.19. The Morgan fingerprint density at radius 1 is 0.947 bits per heavy atom. The number of carboxylic acid groups (broad SMARTS) is 1. The van der Waals surface area contributed by atoms with Gasteiger partial charge in [0.15, 0.2) is 0 Å². The molecule has 5 rings (SSSR count). The maximum Gasteiger partial charge on any atom is 0.303 e. The predicted octanol–water partition coefficient (Wildman–Crippen LogP) is 6.71.